The predicted octanol–water partition coefficient (Wildman–Crippen LogP) is 3.28. The highest BCUT2D eigenvalue weighted by Gasteiger charge is 2.59. The van der Waals surface area contributed by atoms with E-state index in [0.29, 0.717) is 18.1 Å². The van der Waals surface area contributed by atoms with Gasteiger partial charge in [0.25, 0.3) is 0 Å². The first kappa shape index (κ1) is 15.3. The van der Waals surface area contributed by atoms with E-state index < -0.39 is 5.41 Å². The normalized spacial score (nSPS) is 17.3. The quantitative estimate of drug-likeness (QED) is 0.863. The van der Waals surface area contributed by atoms with Gasteiger partial charge in [-0.25, -0.2) is 14.4 Å². The minimum absolute atomic E-state index is 0.0282. The number of fused-ring (bicyclic) bond motifs is 2. The zero-order valence-electron chi connectivity index (χ0n) is 13.1. The summed E-state index contributed by atoms with van der Waals surface area (Å²) in [5.74, 6) is 0.281. The van der Waals surface area contributed by atoms with Crippen LogP contribution >= 0.6 is 11.6 Å². The Bertz CT molecular complexity index is 837. The van der Waals surface area contributed by atoms with Crippen molar-refractivity contribution >= 4 is 29.0 Å². The maximum atomic E-state index is 13.7. The second-order valence-electron chi connectivity index (χ2n) is 6.18. The average Bonchev–Trinajstić information content (AvgIpc) is 3.32. The standard InChI is InChI=1S/C17H16ClFN4O/c1-2-20-14-10(8-21-16(18)22-14)9-23-13-7-11(19)3-4-12(13)17(5-6-17)15(23)24/h3-4,7-8H,2,5-6,9H2,1H3,(H,20,21,22). The number of nitrogens with one attached hydrogen (secondary N) is 1. The van der Waals surface area contributed by atoms with Crippen LogP contribution in [0.15, 0.2) is 24.4 Å². The first-order valence-corrected chi connectivity index (χ1v) is 8.30. The molecule has 2 aliphatic rings. The van der Waals surface area contributed by atoms with Crippen molar-refractivity contribution in [3.63, 3.8) is 0 Å². The Balaban J connectivity index is 1.74. The third-order valence-electron chi connectivity index (χ3n) is 4.68. The van der Waals surface area contributed by atoms with E-state index in [1.165, 1.54) is 12.1 Å². The first-order valence-electron chi connectivity index (χ1n) is 7.92. The van der Waals surface area contributed by atoms with Gasteiger partial charge in [-0.2, -0.15) is 0 Å². The lowest BCUT2D eigenvalue weighted by Gasteiger charge is -2.19. The topological polar surface area (TPSA) is 58.1 Å². The predicted molar refractivity (Wildman–Crippen MR) is 89.7 cm³/mol. The molecule has 5 nitrogen and oxygen atoms in total. The highest BCUT2D eigenvalue weighted by molar-refractivity contribution is 6.28. The molecule has 0 unspecified atom stereocenters. The summed E-state index contributed by atoms with van der Waals surface area (Å²) < 4.78 is 13.7. The van der Waals surface area contributed by atoms with Crippen LogP contribution in [-0.2, 0) is 16.8 Å². The summed E-state index contributed by atoms with van der Waals surface area (Å²) in [6.07, 6.45) is 3.24. The molecule has 2 aromatic rings. The van der Waals surface area contributed by atoms with Crippen molar-refractivity contribution in [2.75, 3.05) is 16.8 Å². The van der Waals surface area contributed by atoms with Crippen LogP contribution in [0, 0.1) is 5.82 Å². The third kappa shape index (κ3) is 2.24. The second kappa shape index (κ2) is 5.41. The van der Waals surface area contributed by atoms with Crippen molar-refractivity contribution < 1.29 is 9.18 Å². The number of anilines is 2. The molecule has 1 aliphatic heterocycles. The number of carbonyl (C=O) groups excluding carboxylic acids is 1. The van der Waals surface area contributed by atoms with Gasteiger partial charge >= 0.3 is 0 Å². The Morgan fingerprint density at radius 3 is 2.92 bits per heavy atom. The van der Waals surface area contributed by atoms with Gasteiger partial charge in [-0.15, -0.1) is 0 Å². The molecule has 24 heavy (non-hydrogen) atoms. The molecule has 0 bridgehead atoms. The van der Waals surface area contributed by atoms with E-state index >= 15 is 0 Å². The Morgan fingerprint density at radius 1 is 1.42 bits per heavy atom. The zero-order chi connectivity index (χ0) is 16.9. The molecular weight excluding hydrogens is 331 g/mol. The molecule has 1 aliphatic carbocycles. The maximum absolute atomic E-state index is 13.7. The summed E-state index contributed by atoms with van der Waals surface area (Å²) in [5, 5.41) is 3.28. The van der Waals surface area contributed by atoms with Crippen LogP contribution in [-0.4, -0.2) is 22.4 Å². The number of hydrogen-bond donors (Lipinski definition) is 1. The van der Waals surface area contributed by atoms with Crippen LogP contribution in [0.25, 0.3) is 0 Å². The molecule has 1 aromatic carbocycles. The van der Waals surface area contributed by atoms with Crippen LogP contribution in [0.4, 0.5) is 15.9 Å². The number of amides is 1. The lowest BCUT2D eigenvalue weighted by atomic mass is 9.98. The van der Waals surface area contributed by atoms with Gasteiger partial charge in [0.05, 0.1) is 17.6 Å². The smallest absolute Gasteiger partial charge is 0.238 e. The van der Waals surface area contributed by atoms with E-state index in [0.717, 1.165) is 24.0 Å². The van der Waals surface area contributed by atoms with Gasteiger partial charge in [-0.05, 0) is 49.1 Å². The number of rotatable bonds is 4. The van der Waals surface area contributed by atoms with E-state index in [2.05, 4.69) is 15.3 Å². The summed E-state index contributed by atoms with van der Waals surface area (Å²) in [6.45, 7) is 2.91. The third-order valence-corrected chi connectivity index (χ3v) is 4.86. The largest absolute Gasteiger partial charge is 0.370 e. The van der Waals surface area contributed by atoms with E-state index in [4.69, 9.17) is 11.6 Å². The van der Waals surface area contributed by atoms with Crippen molar-refractivity contribution in [1.29, 1.82) is 0 Å². The van der Waals surface area contributed by atoms with E-state index in [9.17, 15) is 9.18 Å². The molecule has 0 saturated heterocycles. The lowest BCUT2D eigenvalue weighted by molar-refractivity contribution is -0.120. The molecule has 7 heteroatoms. The van der Waals surface area contributed by atoms with Crippen molar-refractivity contribution in [2.45, 2.75) is 31.7 Å². The Morgan fingerprint density at radius 2 is 2.21 bits per heavy atom. The summed E-state index contributed by atoms with van der Waals surface area (Å²) >= 11 is 5.86. The molecule has 124 valence electrons. The Labute approximate surface area is 143 Å². The zero-order valence-corrected chi connectivity index (χ0v) is 13.9. The van der Waals surface area contributed by atoms with E-state index in [1.807, 2.05) is 6.92 Å². The van der Waals surface area contributed by atoms with Crippen LogP contribution in [0.1, 0.15) is 30.9 Å². The Hall–Kier alpha value is -2.21. The van der Waals surface area contributed by atoms with Gasteiger partial charge in [-0.1, -0.05) is 6.07 Å². The van der Waals surface area contributed by atoms with Crippen molar-refractivity contribution in [3.05, 3.63) is 46.6 Å². The molecular formula is C17H16ClFN4O. The highest BCUT2D eigenvalue weighted by Crippen LogP contribution is 2.57. The molecule has 1 amide bonds. The molecule has 0 radical (unpaired) electrons. The molecule has 0 atom stereocenters. The summed E-state index contributed by atoms with van der Waals surface area (Å²) in [7, 11) is 0. The molecule has 1 aromatic heterocycles. The maximum Gasteiger partial charge on any atom is 0.238 e. The lowest BCUT2D eigenvalue weighted by Crippen LogP contribution is -2.32. The van der Waals surface area contributed by atoms with Gasteiger partial charge in [0.15, 0.2) is 0 Å². The Kier molecular flexibility index (Phi) is 3.46. The number of aromatic nitrogens is 2. The molecule has 4 rings (SSSR count). The van der Waals surface area contributed by atoms with Gasteiger partial charge in [0, 0.05) is 18.3 Å². The highest BCUT2D eigenvalue weighted by atomic mass is 35.5. The van der Waals surface area contributed by atoms with Gasteiger partial charge in [-0.3, -0.25) is 4.79 Å². The minimum Gasteiger partial charge on any atom is -0.370 e. The SMILES string of the molecule is CCNc1nc(Cl)ncc1CN1C(=O)C2(CC2)c2ccc(F)cc21. The number of carbonyl (C=O) groups is 1. The fourth-order valence-corrected chi connectivity index (χ4v) is 3.51. The van der Waals surface area contributed by atoms with Crippen molar-refractivity contribution in [3.8, 4) is 0 Å². The van der Waals surface area contributed by atoms with Gasteiger partial charge < -0.3 is 10.2 Å². The summed E-state index contributed by atoms with van der Waals surface area (Å²) in [6, 6.07) is 4.59. The summed E-state index contributed by atoms with van der Waals surface area (Å²) in [5.41, 5.74) is 1.88. The second-order valence-corrected chi connectivity index (χ2v) is 6.52. The number of benzene rings is 1. The van der Waals surface area contributed by atoms with Gasteiger partial charge in [0.1, 0.15) is 11.6 Å². The summed E-state index contributed by atoms with van der Waals surface area (Å²) in [4.78, 5) is 22.8. The van der Waals surface area contributed by atoms with E-state index in [-0.39, 0.29) is 23.6 Å². The van der Waals surface area contributed by atoms with Crippen molar-refractivity contribution in [2.24, 2.45) is 0 Å². The van der Waals surface area contributed by atoms with Gasteiger partial charge in [0.2, 0.25) is 11.2 Å². The van der Waals surface area contributed by atoms with E-state index in [1.54, 1.807) is 17.2 Å². The molecule has 1 N–H and O–H groups in total. The average molecular weight is 347 g/mol. The van der Waals surface area contributed by atoms with Crippen molar-refractivity contribution in [1.82, 2.24) is 9.97 Å². The van der Waals surface area contributed by atoms with Crippen LogP contribution < -0.4 is 10.2 Å². The fourth-order valence-electron chi connectivity index (χ4n) is 3.37. The molecule has 1 fully saturated rings. The van der Waals surface area contributed by atoms with Crippen LogP contribution in [0.3, 0.4) is 0 Å². The van der Waals surface area contributed by atoms with Crippen LogP contribution in [0.2, 0.25) is 5.28 Å². The first-order chi connectivity index (χ1) is 11.5. The monoisotopic (exact) mass is 346 g/mol. The molecule has 1 spiro atoms. The van der Waals surface area contributed by atoms with Crippen LogP contribution in [0.5, 0.6) is 0 Å². The number of hydrogen-bond acceptors (Lipinski definition) is 4. The fraction of sp³-hybridized carbons (Fsp3) is 0.353. The molecule has 1 saturated carbocycles. The minimum atomic E-state index is -0.450. The number of nitrogens with zero attached hydrogens (tertiary/aromatic N) is 3. The molecule has 2 heterocycles. The number of halogens is 2.